The van der Waals surface area contributed by atoms with Crippen LogP contribution in [-0.4, -0.2) is 6.61 Å². The van der Waals surface area contributed by atoms with Gasteiger partial charge in [-0.1, -0.05) is 6.07 Å². The largest absolute Gasteiger partial charge is 0.490 e. The van der Waals surface area contributed by atoms with Crippen LogP contribution in [-0.2, 0) is 6.42 Å². The second-order valence-electron chi connectivity index (χ2n) is 3.68. The molecule has 1 aromatic rings. The summed E-state index contributed by atoms with van der Waals surface area (Å²) in [7, 11) is 0. The van der Waals surface area contributed by atoms with Gasteiger partial charge >= 0.3 is 0 Å². The van der Waals surface area contributed by atoms with E-state index >= 15 is 0 Å². The summed E-state index contributed by atoms with van der Waals surface area (Å²) in [6.07, 6.45) is 1.81. The molecule has 0 aliphatic carbocycles. The maximum atomic E-state index is 13.3. The molecule has 76 valence electrons. The van der Waals surface area contributed by atoms with E-state index < -0.39 is 0 Å². The number of hydrogen-bond donors (Lipinski definition) is 1. The van der Waals surface area contributed by atoms with Crippen molar-refractivity contribution in [3.63, 3.8) is 0 Å². The molecule has 1 aromatic carbocycles. The predicted octanol–water partition coefficient (Wildman–Crippen LogP) is 2.17. The number of hydrogen-bond acceptors (Lipinski definition) is 2. The fourth-order valence-corrected chi connectivity index (χ4v) is 1.88. The summed E-state index contributed by atoms with van der Waals surface area (Å²) in [4.78, 5) is 0. The Morgan fingerprint density at radius 3 is 3.00 bits per heavy atom. The number of nitrogens with two attached hydrogens (primary N) is 1. The van der Waals surface area contributed by atoms with Crippen molar-refractivity contribution in [2.45, 2.75) is 25.8 Å². The highest BCUT2D eigenvalue weighted by atomic mass is 19.1. The Morgan fingerprint density at radius 1 is 1.50 bits per heavy atom. The molecule has 0 fully saturated rings. The van der Waals surface area contributed by atoms with Gasteiger partial charge in [0.25, 0.3) is 0 Å². The van der Waals surface area contributed by atoms with Crippen molar-refractivity contribution in [1.29, 1.82) is 0 Å². The highest BCUT2D eigenvalue weighted by Crippen LogP contribution is 2.32. The molecule has 0 spiro atoms. The van der Waals surface area contributed by atoms with E-state index in [4.69, 9.17) is 10.5 Å². The van der Waals surface area contributed by atoms with E-state index in [1.165, 1.54) is 6.07 Å². The molecule has 0 saturated carbocycles. The Bertz CT molecular complexity index is 349. The van der Waals surface area contributed by atoms with E-state index in [1.54, 1.807) is 6.07 Å². The van der Waals surface area contributed by atoms with Crippen LogP contribution in [0.15, 0.2) is 12.1 Å². The molecular weight excluding hydrogens is 181 g/mol. The molecule has 1 aliphatic heterocycles. The summed E-state index contributed by atoms with van der Waals surface area (Å²) in [6, 6.07) is 3.13. The normalized spacial score (nSPS) is 17.1. The first-order valence-corrected chi connectivity index (χ1v) is 4.90. The van der Waals surface area contributed by atoms with Gasteiger partial charge in [-0.05, 0) is 31.4 Å². The van der Waals surface area contributed by atoms with Gasteiger partial charge in [0.05, 0.1) is 6.61 Å². The minimum absolute atomic E-state index is 0.0638. The molecule has 3 heteroatoms. The summed E-state index contributed by atoms with van der Waals surface area (Å²) < 4.78 is 18.7. The van der Waals surface area contributed by atoms with Crippen molar-refractivity contribution in [2.75, 3.05) is 6.61 Å². The molecule has 0 amide bonds. The molecule has 2 N–H and O–H groups in total. The van der Waals surface area contributed by atoms with Crippen molar-refractivity contribution in [3.8, 4) is 5.75 Å². The van der Waals surface area contributed by atoms with Gasteiger partial charge in [-0.3, -0.25) is 0 Å². The Balaban J connectivity index is 2.53. The quantitative estimate of drug-likeness (QED) is 0.745. The summed E-state index contributed by atoms with van der Waals surface area (Å²) in [6.45, 7) is 2.51. The predicted molar refractivity (Wildman–Crippen MR) is 52.8 cm³/mol. The first-order valence-electron chi connectivity index (χ1n) is 4.90. The standard InChI is InChI=1S/C11H14FNO/c1-7(13)8-4-5-10(12)11-9(8)3-2-6-14-11/h4-5,7H,2-3,6,13H2,1H3/t7-/m0/s1. The molecule has 0 bridgehead atoms. The summed E-state index contributed by atoms with van der Waals surface area (Å²) >= 11 is 0. The molecule has 2 rings (SSSR count). The fraction of sp³-hybridized carbons (Fsp3) is 0.455. The Labute approximate surface area is 82.9 Å². The minimum atomic E-state index is -0.274. The van der Waals surface area contributed by atoms with Crippen LogP contribution in [0.25, 0.3) is 0 Å². The molecular formula is C11H14FNO. The molecule has 1 heterocycles. The molecule has 14 heavy (non-hydrogen) atoms. The van der Waals surface area contributed by atoms with Crippen LogP contribution in [0.3, 0.4) is 0 Å². The number of fused-ring (bicyclic) bond motifs is 1. The highest BCUT2D eigenvalue weighted by Gasteiger charge is 2.19. The SMILES string of the molecule is C[C@H](N)c1ccc(F)c2c1CCCO2. The third-order valence-electron chi connectivity index (χ3n) is 2.56. The fourth-order valence-electron chi connectivity index (χ4n) is 1.88. The van der Waals surface area contributed by atoms with Gasteiger partial charge in [-0.25, -0.2) is 4.39 Å². The number of benzene rings is 1. The van der Waals surface area contributed by atoms with Crippen molar-refractivity contribution >= 4 is 0 Å². The van der Waals surface area contributed by atoms with E-state index in [-0.39, 0.29) is 11.9 Å². The Hall–Kier alpha value is -1.09. The lowest BCUT2D eigenvalue weighted by atomic mass is 9.96. The third-order valence-corrected chi connectivity index (χ3v) is 2.56. The van der Waals surface area contributed by atoms with Gasteiger partial charge in [0.2, 0.25) is 0 Å². The van der Waals surface area contributed by atoms with Crippen molar-refractivity contribution in [3.05, 3.63) is 29.1 Å². The Morgan fingerprint density at radius 2 is 2.29 bits per heavy atom. The maximum Gasteiger partial charge on any atom is 0.165 e. The third kappa shape index (κ3) is 1.48. The van der Waals surface area contributed by atoms with Crippen LogP contribution in [0.5, 0.6) is 5.75 Å². The summed E-state index contributed by atoms with van der Waals surface area (Å²) in [5, 5.41) is 0. The molecule has 0 saturated heterocycles. The van der Waals surface area contributed by atoms with E-state index in [0.29, 0.717) is 12.4 Å². The van der Waals surface area contributed by atoms with Gasteiger partial charge in [0.15, 0.2) is 11.6 Å². The molecule has 1 aliphatic rings. The van der Waals surface area contributed by atoms with Crippen LogP contribution >= 0.6 is 0 Å². The number of rotatable bonds is 1. The molecule has 1 atom stereocenters. The highest BCUT2D eigenvalue weighted by molar-refractivity contribution is 5.43. The van der Waals surface area contributed by atoms with Gasteiger partial charge < -0.3 is 10.5 Å². The lowest BCUT2D eigenvalue weighted by Crippen LogP contribution is -2.16. The lowest BCUT2D eigenvalue weighted by Gasteiger charge is -2.22. The van der Waals surface area contributed by atoms with Gasteiger partial charge in [0.1, 0.15) is 0 Å². The molecule has 0 radical (unpaired) electrons. The van der Waals surface area contributed by atoms with Crippen LogP contribution < -0.4 is 10.5 Å². The van der Waals surface area contributed by atoms with E-state index in [0.717, 1.165) is 24.0 Å². The van der Waals surface area contributed by atoms with Crippen LogP contribution in [0.4, 0.5) is 4.39 Å². The van der Waals surface area contributed by atoms with Crippen LogP contribution in [0, 0.1) is 5.82 Å². The summed E-state index contributed by atoms with van der Waals surface area (Å²) in [5.41, 5.74) is 7.76. The van der Waals surface area contributed by atoms with E-state index in [1.807, 2.05) is 6.92 Å². The monoisotopic (exact) mass is 195 g/mol. The molecule has 0 aromatic heterocycles. The van der Waals surface area contributed by atoms with E-state index in [2.05, 4.69) is 0 Å². The minimum Gasteiger partial charge on any atom is -0.490 e. The van der Waals surface area contributed by atoms with Crippen molar-refractivity contribution in [1.82, 2.24) is 0 Å². The average molecular weight is 195 g/mol. The van der Waals surface area contributed by atoms with Crippen molar-refractivity contribution in [2.24, 2.45) is 5.73 Å². The molecule has 2 nitrogen and oxygen atoms in total. The zero-order valence-corrected chi connectivity index (χ0v) is 8.22. The zero-order valence-electron chi connectivity index (χ0n) is 8.22. The van der Waals surface area contributed by atoms with Crippen LogP contribution in [0.2, 0.25) is 0 Å². The first kappa shape index (κ1) is 9.46. The summed E-state index contributed by atoms with van der Waals surface area (Å²) in [5.74, 6) is 0.134. The zero-order chi connectivity index (χ0) is 10.1. The lowest BCUT2D eigenvalue weighted by molar-refractivity contribution is 0.272. The second kappa shape index (κ2) is 3.58. The number of halogens is 1. The van der Waals surface area contributed by atoms with Gasteiger partial charge in [-0.2, -0.15) is 0 Å². The second-order valence-corrected chi connectivity index (χ2v) is 3.68. The van der Waals surface area contributed by atoms with Gasteiger partial charge in [-0.15, -0.1) is 0 Å². The maximum absolute atomic E-state index is 13.3. The first-order chi connectivity index (χ1) is 6.70. The number of ether oxygens (including phenoxy) is 1. The topological polar surface area (TPSA) is 35.2 Å². The van der Waals surface area contributed by atoms with Crippen LogP contribution in [0.1, 0.15) is 30.5 Å². The van der Waals surface area contributed by atoms with E-state index in [9.17, 15) is 4.39 Å². The Kier molecular flexibility index (Phi) is 2.42. The smallest absolute Gasteiger partial charge is 0.165 e. The molecule has 0 unspecified atom stereocenters. The van der Waals surface area contributed by atoms with Gasteiger partial charge in [0, 0.05) is 11.6 Å². The average Bonchev–Trinajstić information content (AvgIpc) is 2.18. The van der Waals surface area contributed by atoms with Crippen molar-refractivity contribution < 1.29 is 9.13 Å².